The number of anilines is 1. The molecule has 1 unspecified atom stereocenters. The van der Waals surface area contributed by atoms with Gasteiger partial charge < -0.3 is 15.2 Å². The highest BCUT2D eigenvalue weighted by Gasteiger charge is 2.29. The molecule has 0 fully saturated rings. The van der Waals surface area contributed by atoms with Crippen LogP contribution in [0.4, 0.5) is 23.2 Å². The molecule has 1 heterocycles. The van der Waals surface area contributed by atoms with Gasteiger partial charge in [-0.25, -0.2) is 9.37 Å². The molecule has 2 amide bonds. The van der Waals surface area contributed by atoms with E-state index in [0.29, 0.717) is 33.2 Å². The van der Waals surface area contributed by atoms with Crippen molar-refractivity contribution in [1.82, 2.24) is 19.8 Å². The van der Waals surface area contributed by atoms with Gasteiger partial charge in [-0.2, -0.15) is 13.2 Å². The Kier molecular flexibility index (Phi) is 8.98. The van der Waals surface area contributed by atoms with Gasteiger partial charge in [0, 0.05) is 42.5 Å². The number of hydrogen-bond donors (Lipinski definition) is 2. The molecular weight excluding hydrogens is 562 g/mol. The van der Waals surface area contributed by atoms with E-state index in [4.69, 9.17) is 11.6 Å². The van der Waals surface area contributed by atoms with Gasteiger partial charge in [-0.1, -0.05) is 23.7 Å². The van der Waals surface area contributed by atoms with Crippen molar-refractivity contribution in [2.75, 3.05) is 25.5 Å². The van der Waals surface area contributed by atoms with Crippen molar-refractivity contribution in [3.8, 4) is 11.4 Å². The Morgan fingerprint density at radius 2 is 1.76 bits per heavy atom. The number of hydrogen-bond acceptors (Lipinski definition) is 4. The highest BCUT2D eigenvalue weighted by atomic mass is 35.5. The number of imidazole rings is 1. The topological polar surface area (TPSA) is 79.3 Å². The maximum atomic E-state index is 13.6. The first kappa shape index (κ1) is 30.0. The number of fused-ring (bicyclic) bond motifs is 1. The Morgan fingerprint density at radius 1 is 1.05 bits per heavy atom. The lowest BCUT2D eigenvalue weighted by atomic mass is 10.1. The molecule has 7 nitrogen and oxygen atoms in total. The molecule has 0 aliphatic rings. The van der Waals surface area contributed by atoms with Crippen molar-refractivity contribution in [2.45, 2.75) is 25.6 Å². The number of rotatable bonds is 8. The average molecular weight is 590 g/mol. The van der Waals surface area contributed by atoms with Gasteiger partial charge in [-0.05, 0) is 67.6 Å². The molecule has 0 saturated carbocycles. The number of carbonyl (C=O) groups is 2. The number of aryl methyl sites for hydroxylation is 2. The Balaban J connectivity index is 1.43. The van der Waals surface area contributed by atoms with Crippen LogP contribution in [-0.4, -0.2) is 52.6 Å². The van der Waals surface area contributed by atoms with E-state index in [1.807, 2.05) is 11.6 Å². The van der Waals surface area contributed by atoms with Crippen LogP contribution in [0.2, 0.25) is 5.02 Å². The van der Waals surface area contributed by atoms with E-state index in [1.54, 1.807) is 55.5 Å². The summed E-state index contributed by atoms with van der Waals surface area (Å²) >= 11 is 5.95. The van der Waals surface area contributed by atoms with Crippen LogP contribution < -0.4 is 10.6 Å². The van der Waals surface area contributed by atoms with E-state index in [9.17, 15) is 27.2 Å². The molecule has 0 bridgehead atoms. The minimum absolute atomic E-state index is 0.104. The molecule has 4 rings (SSSR count). The van der Waals surface area contributed by atoms with E-state index in [0.717, 1.165) is 11.1 Å². The molecule has 4 aromatic rings. The fourth-order valence-electron chi connectivity index (χ4n) is 4.49. The summed E-state index contributed by atoms with van der Waals surface area (Å²) in [5, 5.41) is 5.56. The van der Waals surface area contributed by atoms with Gasteiger partial charge in [0.15, 0.2) is 0 Å². The molecule has 41 heavy (non-hydrogen) atoms. The third-order valence-corrected chi connectivity index (χ3v) is 7.02. The summed E-state index contributed by atoms with van der Waals surface area (Å²) in [7, 11) is 3.33. The summed E-state index contributed by atoms with van der Waals surface area (Å²) in [4.78, 5) is 31.3. The van der Waals surface area contributed by atoms with Crippen LogP contribution in [0.25, 0.3) is 22.4 Å². The van der Waals surface area contributed by atoms with Gasteiger partial charge in [0.2, 0.25) is 0 Å². The first-order chi connectivity index (χ1) is 19.3. The highest BCUT2D eigenvalue weighted by molar-refractivity contribution is 6.39. The maximum Gasteiger partial charge on any atom is 0.390 e. The zero-order valence-electron chi connectivity index (χ0n) is 22.5. The van der Waals surface area contributed by atoms with E-state index in [1.165, 1.54) is 24.1 Å². The molecule has 1 aromatic heterocycles. The van der Waals surface area contributed by atoms with Crippen LogP contribution in [-0.2, 0) is 16.6 Å². The molecular formula is C29H28ClF4N5O2. The zero-order chi connectivity index (χ0) is 29.9. The van der Waals surface area contributed by atoms with Crippen LogP contribution in [0, 0.1) is 12.7 Å². The van der Waals surface area contributed by atoms with Gasteiger partial charge in [-0.3, -0.25) is 14.5 Å². The summed E-state index contributed by atoms with van der Waals surface area (Å²) in [6.07, 6.45) is -5.36. The van der Waals surface area contributed by atoms with Crippen LogP contribution in [0.1, 0.15) is 23.6 Å². The second-order valence-corrected chi connectivity index (χ2v) is 10.2. The van der Waals surface area contributed by atoms with Crippen molar-refractivity contribution in [1.29, 1.82) is 0 Å². The standard InChI is InChI=1S/C29H28ClF4N5O2/c1-17-14-19(26-36-23-15-21(31)9-11-24(23)39(26)3)6-10-22(17)37-28(41)27(40)35-16-25(18-4-7-20(30)8-5-18)38(2)13-12-29(32,33)34/h4-11,14-15,25H,12-13,16H2,1-3H3,(H,35,40)(H,37,41). The summed E-state index contributed by atoms with van der Waals surface area (Å²) < 4.78 is 53.9. The number of amides is 2. The van der Waals surface area contributed by atoms with Gasteiger partial charge in [0.25, 0.3) is 0 Å². The third-order valence-electron chi connectivity index (χ3n) is 6.77. The number of nitrogens with zero attached hydrogens (tertiary/aromatic N) is 3. The predicted molar refractivity (Wildman–Crippen MR) is 150 cm³/mol. The van der Waals surface area contributed by atoms with E-state index < -0.39 is 30.5 Å². The van der Waals surface area contributed by atoms with Gasteiger partial charge in [-0.15, -0.1) is 0 Å². The van der Waals surface area contributed by atoms with Gasteiger partial charge in [0.1, 0.15) is 11.6 Å². The summed E-state index contributed by atoms with van der Waals surface area (Å²) in [5.41, 5.74) is 3.69. The molecule has 0 aliphatic heterocycles. The summed E-state index contributed by atoms with van der Waals surface area (Å²) in [6, 6.07) is 15.4. The van der Waals surface area contributed by atoms with Crippen LogP contribution in [0.3, 0.4) is 0 Å². The second-order valence-electron chi connectivity index (χ2n) is 9.73. The minimum Gasteiger partial charge on any atom is -0.346 e. The number of alkyl halides is 3. The SMILES string of the molecule is Cc1cc(-c2nc3cc(F)ccc3n2C)ccc1NC(=O)C(=O)NCC(c1ccc(Cl)cc1)N(C)CCC(F)(F)F. The first-order valence-electron chi connectivity index (χ1n) is 12.7. The molecule has 216 valence electrons. The van der Waals surface area contributed by atoms with Crippen LogP contribution >= 0.6 is 11.6 Å². The zero-order valence-corrected chi connectivity index (χ0v) is 23.3. The van der Waals surface area contributed by atoms with Crippen molar-refractivity contribution >= 4 is 40.1 Å². The summed E-state index contributed by atoms with van der Waals surface area (Å²) in [5.74, 6) is -1.64. The average Bonchev–Trinajstić information content (AvgIpc) is 3.24. The molecule has 0 spiro atoms. The van der Waals surface area contributed by atoms with E-state index in [-0.39, 0.29) is 18.9 Å². The molecule has 1 atom stereocenters. The lowest BCUT2D eigenvalue weighted by Gasteiger charge is -2.29. The minimum atomic E-state index is -4.34. The van der Waals surface area contributed by atoms with Gasteiger partial charge >= 0.3 is 18.0 Å². The number of likely N-dealkylation sites (N-methyl/N-ethyl adjacent to an activating group) is 1. The molecule has 3 aromatic carbocycles. The number of halogens is 5. The van der Waals surface area contributed by atoms with Crippen LogP contribution in [0.15, 0.2) is 60.7 Å². The Hall–Kier alpha value is -3.96. The van der Waals surface area contributed by atoms with Crippen LogP contribution in [0.5, 0.6) is 0 Å². The summed E-state index contributed by atoms with van der Waals surface area (Å²) in [6.45, 7) is 1.35. The monoisotopic (exact) mass is 589 g/mol. The molecule has 0 aliphatic carbocycles. The normalized spacial score (nSPS) is 12.5. The fraction of sp³-hybridized carbons (Fsp3) is 0.276. The quantitative estimate of drug-likeness (QED) is 0.195. The first-order valence-corrected chi connectivity index (χ1v) is 13.0. The molecule has 0 saturated heterocycles. The largest absolute Gasteiger partial charge is 0.390 e. The fourth-order valence-corrected chi connectivity index (χ4v) is 4.62. The lowest BCUT2D eigenvalue weighted by molar-refractivity contribution is -0.139. The molecule has 0 radical (unpaired) electrons. The lowest BCUT2D eigenvalue weighted by Crippen LogP contribution is -2.41. The van der Waals surface area contributed by atoms with E-state index in [2.05, 4.69) is 15.6 Å². The van der Waals surface area contributed by atoms with Crippen molar-refractivity contribution in [3.05, 3.63) is 82.6 Å². The molecule has 12 heteroatoms. The second kappa shape index (κ2) is 12.3. The number of benzene rings is 3. The van der Waals surface area contributed by atoms with Crippen molar-refractivity contribution in [2.24, 2.45) is 7.05 Å². The number of carbonyl (C=O) groups excluding carboxylic acids is 2. The third kappa shape index (κ3) is 7.42. The Labute approximate surface area is 239 Å². The van der Waals surface area contributed by atoms with Crippen molar-refractivity contribution < 1.29 is 27.2 Å². The Morgan fingerprint density at radius 3 is 2.41 bits per heavy atom. The number of aromatic nitrogens is 2. The predicted octanol–water partition coefficient (Wildman–Crippen LogP) is 6.02. The molecule has 2 N–H and O–H groups in total. The van der Waals surface area contributed by atoms with E-state index >= 15 is 0 Å². The highest BCUT2D eigenvalue weighted by Crippen LogP contribution is 2.28. The Bertz CT molecular complexity index is 1570. The maximum absolute atomic E-state index is 13.6. The van der Waals surface area contributed by atoms with Gasteiger partial charge in [0.05, 0.1) is 23.5 Å². The number of nitrogens with one attached hydrogen (secondary N) is 2. The van der Waals surface area contributed by atoms with Crippen molar-refractivity contribution in [3.63, 3.8) is 0 Å². The smallest absolute Gasteiger partial charge is 0.346 e.